The first-order chi connectivity index (χ1) is 10.7. The van der Waals surface area contributed by atoms with Gasteiger partial charge in [0.05, 0.1) is 6.61 Å². The van der Waals surface area contributed by atoms with Crippen molar-refractivity contribution in [3.8, 4) is 0 Å². The van der Waals surface area contributed by atoms with Gasteiger partial charge in [-0.25, -0.2) is 0 Å². The van der Waals surface area contributed by atoms with Gasteiger partial charge >= 0.3 is 0 Å². The number of benzene rings is 1. The Morgan fingerprint density at radius 2 is 2.27 bits per heavy atom. The first kappa shape index (κ1) is 15.1. The summed E-state index contributed by atoms with van der Waals surface area (Å²) >= 11 is 6.11. The van der Waals surface area contributed by atoms with Gasteiger partial charge in [-0.3, -0.25) is 4.79 Å². The Morgan fingerprint density at radius 3 is 3.05 bits per heavy atom. The lowest BCUT2D eigenvalue weighted by atomic mass is 10.1. The molecule has 1 aliphatic heterocycles. The van der Waals surface area contributed by atoms with Gasteiger partial charge < -0.3 is 14.6 Å². The van der Waals surface area contributed by atoms with Crippen LogP contribution in [0.25, 0.3) is 0 Å². The van der Waals surface area contributed by atoms with Crippen molar-refractivity contribution in [3.05, 3.63) is 52.4 Å². The molecule has 0 saturated carbocycles. The van der Waals surface area contributed by atoms with Crippen LogP contribution < -0.4 is 5.32 Å². The van der Waals surface area contributed by atoms with E-state index in [1.165, 1.54) is 0 Å². The maximum absolute atomic E-state index is 12.0. The SMILES string of the molecule is O=C(NCC1CCOC1)c1cc(Cc2ccccc2Cl)on1. The highest BCUT2D eigenvalue weighted by Crippen LogP contribution is 2.19. The molecule has 1 aliphatic rings. The fourth-order valence-electron chi connectivity index (χ4n) is 2.40. The molecule has 0 aliphatic carbocycles. The first-order valence-electron chi connectivity index (χ1n) is 7.27. The summed E-state index contributed by atoms with van der Waals surface area (Å²) < 4.78 is 10.5. The lowest BCUT2D eigenvalue weighted by molar-refractivity contribution is 0.0936. The van der Waals surface area contributed by atoms with Gasteiger partial charge in [0, 0.05) is 36.6 Å². The minimum Gasteiger partial charge on any atom is -0.381 e. The lowest BCUT2D eigenvalue weighted by Crippen LogP contribution is -2.29. The number of carbonyl (C=O) groups is 1. The van der Waals surface area contributed by atoms with Gasteiger partial charge in [0.15, 0.2) is 5.69 Å². The van der Waals surface area contributed by atoms with Crippen molar-refractivity contribution in [1.29, 1.82) is 0 Å². The molecule has 2 heterocycles. The van der Waals surface area contributed by atoms with E-state index in [1.54, 1.807) is 6.07 Å². The zero-order valence-corrected chi connectivity index (χ0v) is 12.8. The van der Waals surface area contributed by atoms with Crippen LogP contribution in [0.15, 0.2) is 34.9 Å². The highest BCUT2D eigenvalue weighted by Gasteiger charge is 2.18. The highest BCUT2D eigenvalue weighted by atomic mass is 35.5. The van der Waals surface area contributed by atoms with Crippen LogP contribution in [-0.2, 0) is 11.2 Å². The van der Waals surface area contributed by atoms with Gasteiger partial charge in [-0.15, -0.1) is 0 Å². The Labute approximate surface area is 133 Å². The zero-order valence-electron chi connectivity index (χ0n) is 12.0. The van der Waals surface area contributed by atoms with E-state index in [0.717, 1.165) is 18.6 Å². The summed E-state index contributed by atoms with van der Waals surface area (Å²) in [5.41, 5.74) is 1.23. The van der Waals surface area contributed by atoms with Crippen molar-refractivity contribution in [2.45, 2.75) is 12.8 Å². The molecule has 5 nitrogen and oxygen atoms in total. The van der Waals surface area contributed by atoms with E-state index in [-0.39, 0.29) is 5.91 Å². The van der Waals surface area contributed by atoms with E-state index in [9.17, 15) is 4.79 Å². The van der Waals surface area contributed by atoms with E-state index in [0.29, 0.717) is 42.0 Å². The molecular weight excluding hydrogens is 304 g/mol. The summed E-state index contributed by atoms with van der Waals surface area (Å²) in [6.45, 7) is 2.08. The number of ether oxygens (including phenoxy) is 1. The molecule has 1 fully saturated rings. The Hall–Kier alpha value is -1.85. The molecule has 22 heavy (non-hydrogen) atoms. The van der Waals surface area contributed by atoms with Crippen molar-refractivity contribution >= 4 is 17.5 Å². The van der Waals surface area contributed by atoms with Crippen molar-refractivity contribution < 1.29 is 14.1 Å². The molecule has 1 N–H and O–H groups in total. The zero-order chi connectivity index (χ0) is 15.4. The number of halogens is 1. The average Bonchev–Trinajstić information content (AvgIpc) is 3.19. The van der Waals surface area contributed by atoms with Crippen LogP contribution in [0.3, 0.4) is 0 Å². The molecule has 0 radical (unpaired) electrons. The highest BCUT2D eigenvalue weighted by molar-refractivity contribution is 6.31. The van der Waals surface area contributed by atoms with Gasteiger partial charge in [0.2, 0.25) is 0 Å². The summed E-state index contributed by atoms with van der Waals surface area (Å²) in [4.78, 5) is 12.0. The second kappa shape index (κ2) is 6.94. The molecule has 0 bridgehead atoms. The number of nitrogens with zero attached hydrogens (tertiary/aromatic N) is 1. The summed E-state index contributed by atoms with van der Waals surface area (Å²) in [6, 6.07) is 9.19. The fourth-order valence-corrected chi connectivity index (χ4v) is 2.61. The molecule has 6 heteroatoms. The Kier molecular flexibility index (Phi) is 4.75. The minimum atomic E-state index is -0.221. The molecule has 0 spiro atoms. The fraction of sp³-hybridized carbons (Fsp3) is 0.375. The quantitative estimate of drug-likeness (QED) is 0.920. The number of nitrogens with one attached hydrogen (secondary N) is 1. The average molecular weight is 321 g/mol. The van der Waals surface area contributed by atoms with Crippen LogP contribution in [0.2, 0.25) is 5.02 Å². The summed E-state index contributed by atoms with van der Waals surface area (Å²) in [6.07, 6.45) is 1.49. The Morgan fingerprint density at radius 1 is 1.41 bits per heavy atom. The third-order valence-corrected chi connectivity index (χ3v) is 4.06. The first-order valence-corrected chi connectivity index (χ1v) is 7.65. The van der Waals surface area contributed by atoms with Gasteiger partial charge in [-0.05, 0) is 18.1 Å². The van der Waals surface area contributed by atoms with E-state index in [4.69, 9.17) is 20.9 Å². The van der Waals surface area contributed by atoms with Crippen molar-refractivity contribution in [1.82, 2.24) is 10.5 Å². The number of hydrogen-bond acceptors (Lipinski definition) is 4. The second-order valence-corrected chi connectivity index (χ2v) is 5.79. The number of rotatable bonds is 5. The third kappa shape index (κ3) is 3.67. The molecule has 1 amide bonds. The van der Waals surface area contributed by atoms with Gasteiger partial charge in [-0.1, -0.05) is 35.0 Å². The van der Waals surface area contributed by atoms with Crippen LogP contribution in [-0.4, -0.2) is 30.8 Å². The monoisotopic (exact) mass is 320 g/mol. The number of carbonyl (C=O) groups excluding carboxylic acids is 1. The van der Waals surface area contributed by atoms with E-state index >= 15 is 0 Å². The van der Waals surface area contributed by atoms with Crippen molar-refractivity contribution in [2.24, 2.45) is 5.92 Å². The minimum absolute atomic E-state index is 0.221. The maximum Gasteiger partial charge on any atom is 0.273 e. The molecule has 1 unspecified atom stereocenters. The van der Waals surface area contributed by atoms with E-state index in [2.05, 4.69) is 10.5 Å². The number of aromatic nitrogens is 1. The molecule has 116 valence electrons. The smallest absolute Gasteiger partial charge is 0.273 e. The molecular formula is C16H17ClN2O3. The number of amides is 1. The van der Waals surface area contributed by atoms with Gasteiger partial charge in [0.1, 0.15) is 5.76 Å². The standard InChI is InChI=1S/C16H17ClN2O3/c17-14-4-2-1-3-12(14)7-13-8-15(19-22-13)16(20)18-9-11-5-6-21-10-11/h1-4,8,11H,5-7,9-10H2,(H,18,20). The third-order valence-electron chi connectivity index (χ3n) is 3.69. The normalized spacial score (nSPS) is 17.6. The Balaban J connectivity index is 1.58. The molecule has 1 atom stereocenters. The van der Waals surface area contributed by atoms with Crippen molar-refractivity contribution in [2.75, 3.05) is 19.8 Å². The molecule has 1 aromatic heterocycles. The van der Waals surface area contributed by atoms with Crippen LogP contribution in [0, 0.1) is 5.92 Å². The summed E-state index contributed by atoms with van der Waals surface area (Å²) in [5.74, 6) is 0.780. The topological polar surface area (TPSA) is 64.4 Å². The summed E-state index contributed by atoms with van der Waals surface area (Å²) in [7, 11) is 0. The van der Waals surface area contributed by atoms with E-state index in [1.807, 2.05) is 24.3 Å². The summed E-state index contributed by atoms with van der Waals surface area (Å²) in [5, 5.41) is 7.36. The van der Waals surface area contributed by atoms with Crippen LogP contribution in [0.5, 0.6) is 0 Å². The maximum atomic E-state index is 12.0. The number of hydrogen-bond donors (Lipinski definition) is 1. The predicted octanol–water partition coefficient (Wildman–Crippen LogP) is 2.69. The lowest BCUT2D eigenvalue weighted by Gasteiger charge is -2.07. The molecule has 2 aromatic rings. The molecule has 1 aromatic carbocycles. The van der Waals surface area contributed by atoms with Gasteiger partial charge in [-0.2, -0.15) is 0 Å². The largest absolute Gasteiger partial charge is 0.381 e. The predicted molar refractivity (Wildman–Crippen MR) is 82.0 cm³/mol. The van der Waals surface area contributed by atoms with Crippen LogP contribution in [0.4, 0.5) is 0 Å². The van der Waals surface area contributed by atoms with Crippen LogP contribution in [0.1, 0.15) is 28.2 Å². The molecule has 1 saturated heterocycles. The second-order valence-electron chi connectivity index (χ2n) is 5.39. The molecule has 3 rings (SSSR count). The van der Waals surface area contributed by atoms with Crippen molar-refractivity contribution in [3.63, 3.8) is 0 Å². The van der Waals surface area contributed by atoms with E-state index < -0.39 is 0 Å². The van der Waals surface area contributed by atoms with Gasteiger partial charge in [0.25, 0.3) is 5.91 Å². The Bertz CT molecular complexity index is 650. The van der Waals surface area contributed by atoms with Crippen LogP contribution >= 0.6 is 11.6 Å².